The first-order valence-electron chi connectivity index (χ1n) is 10.3. The van der Waals surface area contributed by atoms with Crippen LogP contribution in [0.2, 0.25) is 0 Å². The molecule has 0 radical (unpaired) electrons. The second kappa shape index (κ2) is 8.71. The Kier molecular flexibility index (Phi) is 5.86. The molecule has 0 fully saturated rings. The molecule has 0 saturated carbocycles. The molecule has 1 aliphatic heterocycles. The summed E-state index contributed by atoms with van der Waals surface area (Å²) in [5.41, 5.74) is 3.30. The summed E-state index contributed by atoms with van der Waals surface area (Å²) in [6.07, 6.45) is 0.709. The van der Waals surface area contributed by atoms with Crippen LogP contribution in [0.1, 0.15) is 29.3 Å². The van der Waals surface area contributed by atoms with E-state index in [0.29, 0.717) is 25.3 Å². The van der Waals surface area contributed by atoms with Crippen LogP contribution in [0.4, 0.5) is 0 Å². The van der Waals surface area contributed by atoms with Crippen molar-refractivity contribution in [2.75, 3.05) is 13.7 Å². The summed E-state index contributed by atoms with van der Waals surface area (Å²) in [6, 6.07) is 17.8. The fourth-order valence-electron chi connectivity index (χ4n) is 4.20. The van der Waals surface area contributed by atoms with Crippen LogP contribution in [0, 0.1) is 0 Å². The number of hydrogen-bond donors (Lipinski definition) is 0. The molecule has 0 N–H and O–H groups in total. The maximum Gasteiger partial charge on any atom is 0.331 e. The van der Waals surface area contributed by atoms with Gasteiger partial charge in [-0.2, -0.15) is 0 Å². The molecule has 0 atom stereocenters. The van der Waals surface area contributed by atoms with Gasteiger partial charge < -0.3 is 4.74 Å². The van der Waals surface area contributed by atoms with Crippen LogP contribution in [-0.2, 0) is 32.6 Å². The van der Waals surface area contributed by atoms with Gasteiger partial charge in [0.15, 0.2) is 0 Å². The smallest absolute Gasteiger partial charge is 0.331 e. The average molecular weight is 405 g/mol. The van der Waals surface area contributed by atoms with Crippen molar-refractivity contribution < 1.29 is 4.74 Å². The van der Waals surface area contributed by atoms with Gasteiger partial charge in [0.25, 0.3) is 5.56 Å². The van der Waals surface area contributed by atoms with E-state index in [2.05, 4.69) is 17.0 Å². The Morgan fingerprint density at radius 2 is 1.70 bits per heavy atom. The third-order valence-corrected chi connectivity index (χ3v) is 5.73. The predicted octanol–water partition coefficient (Wildman–Crippen LogP) is 2.65. The van der Waals surface area contributed by atoms with Crippen LogP contribution < -0.4 is 16.0 Å². The molecule has 1 aliphatic rings. The van der Waals surface area contributed by atoms with Gasteiger partial charge in [-0.1, -0.05) is 42.5 Å². The van der Waals surface area contributed by atoms with Crippen molar-refractivity contribution in [3.63, 3.8) is 0 Å². The zero-order valence-electron chi connectivity index (χ0n) is 17.5. The highest BCUT2D eigenvalue weighted by molar-refractivity contribution is 5.29. The van der Waals surface area contributed by atoms with Crippen LogP contribution in [-0.4, -0.2) is 27.7 Å². The third-order valence-electron chi connectivity index (χ3n) is 5.73. The van der Waals surface area contributed by atoms with Crippen molar-refractivity contribution in [3.8, 4) is 5.75 Å². The van der Waals surface area contributed by atoms with Crippen LogP contribution in [0.15, 0.2) is 64.2 Å². The number of fused-ring (bicyclic) bond motifs is 1. The fourth-order valence-corrected chi connectivity index (χ4v) is 4.20. The fraction of sp³-hybridized carbons (Fsp3) is 0.333. The van der Waals surface area contributed by atoms with Gasteiger partial charge in [-0.05, 0) is 30.2 Å². The number of aromatic nitrogens is 2. The molecule has 2 aromatic carbocycles. The second-order valence-corrected chi connectivity index (χ2v) is 7.64. The standard InChI is InChI=1S/C24H27N3O3/c1-3-26-22-12-13-25(15-18-8-5-4-6-9-18)17-21(22)23(28)27(24(26)29)16-19-10-7-11-20(14-19)30-2/h4-11,14H,3,12-13,15-17H2,1-2H3. The van der Waals surface area contributed by atoms with E-state index in [0.717, 1.165) is 29.9 Å². The molecule has 2 heterocycles. The lowest BCUT2D eigenvalue weighted by molar-refractivity contribution is 0.236. The van der Waals surface area contributed by atoms with Gasteiger partial charge in [-0.25, -0.2) is 4.79 Å². The van der Waals surface area contributed by atoms with E-state index in [1.54, 1.807) is 11.7 Å². The van der Waals surface area contributed by atoms with Crippen molar-refractivity contribution in [3.05, 3.63) is 97.8 Å². The number of benzene rings is 2. The van der Waals surface area contributed by atoms with Gasteiger partial charge in [-0.15, -0.1) is 0 Å². The highest BCUT2D eigenvalue weighted by atomic mass is 16.5. The molecule has 4 rings (SSSR count). The molecular weight excluding hydrogens is 378 g/mol. The minimum absolute atomic E-state index is 0.180. The highest BCUT2D eigenvalue weighted by Crippen LogP contribution is 2.18. The van der Waals surface area contributed by atoms with Crippen LogP contribution in [0.3, 0.4) is 0 Å². The molecule has 3 aromatic rings. The number of hydrogen-bond acceptors (Lipinski definition) is 4. The quantitative estimate of drug-likeness (QED) is 0.633. The zero-order chi connectivity index (χ0) is 21.1. The number of methoxy groups -OCH3 is 1. The Hall–Kier alpha value is -3.12. The summed E-state index contributed by atoms with van der Waals surface area (Å²) in [7, 11) is 1.61. The summed E-state index contributed by atoms with van der Waals surface area (Å²) < 4.78 is 8.41. The maximum atomic E-state index is 13.4. The van der Waals surface area contributed by atoms with Crippen molar-refractivity contribution in [2.24, 2.45) is 0 Å². The van der Waals surface area contributed by atoms with Gasteiger partial charge >= 0.3 is 5.69 Å². The molecule has 6 nitrogen and oxygen atoms in total. The summed E-state index contributed by atoms with van der Waals surface area (Å²) >= 11 is 0. The average Bonchev–Trinajstić information content (AvgIpc) is 2.78. The summed E-state index contributed by atoms with van der Waals surface area (Å²) in [5.74, 6) is 0.711. The lowest BCUT2D eigenvalue weighted by Crippen LogP contribution is -2.47. The summed E-state index contributed by atoms with van der Waals surface area (Å²) in [5, 5.41) is 0. The van der Waals surface area contributed by atoms with E-state index >= 15 is 0 Å². The van der Waals surface area contributed by atoms with E-state index in [1.165, 1.54) is 10.1 Å². The molecule has 156 valence electrons. The van der Waals surface area contributed by atoms with E-state index in [9.17, 15) is 9.59 Å². The lowest BCUT2D eigenvalue weighted by Gasteiger charge is -2.30. The summed E-state index contributed by atoms with van der Waals surface area (Å²) in [6.45, 7) is 4.93. The Bertz CT molecular complexity index is 1150. The van der Waals surface area contributed by atoms with E-state index in [-0.39, 0.29) is 17.8 Å². The van der Waals surface area contributed by atoms with Crippen molar-refractivity contribution in [2.45, 2.75) is 39.5 Å². The third kappa shape index (κ3) is 3.96. The highest BCUT2D eigenvalue weighted by Gasteiger charge is 2.25. The molecule has 30 heavy (non-hydrogen) atoms. The molecule has 0 unspecified atom stereocenters. The molecule has 0 saturated heterocycles. The number of ether oxygens (including phenoxy) is 1. The molecule has 0 bridgehead atoms. The molecule has 1 aromatic heterocycles. The Labute approximate surface area is 176 Å². The van der Waals surface area contributed by atoms with E-state index in [1.807, 2.05) is 49.4 Å². The molecular formula is C24H27N3O3. The van der Waals surface area contributed by atoms with Crippen LogP contribution in [0.25, 0.3) is 0 Å². The van der Waals surface area contributed by atoms with Gasteiger partial charge in [0, 0.05) is 38.3 Å². The predicted molar refractivity (Wildman–Crippen MR) is 117 cm³/mol. The van der Waals surface area contributed by atoms with Crippen molar-refractivity contribution >= 4 is 0 Å². The first-order valence-corrected chi connectivity index (χ1v) is 10.3. The lowest BCUT2D eigenvalue weighted by atomic mass is 10.0. The SMILES string of the molecule is CCn1c2c(c(=O)n(Cc3cccc(OC)c3)c1=O)CN(Cc1ccccc1)CC2. The monoisotopic (exact) mass is 405 g/mol. The molecule has 6 heteroatoms. The Balaban J connectivity index is 1.70. The van der Waals surface area contributed by atoms with Crippen molar-refractivity contribution in [1.29, 1.82) is 0 Å². The molecule has 0 spiro atoms. The Morgan fingerprint density at radius 3 is 2.43 bits per heavy atom. The van der Waals surface area contributed by atoms with Gasteiger partial charge in [0.1, 0.15) is 5.75 Å². The first kappa shape index (κ1) is 20.2. The van der Waals surface area contributed by atoms with Gasteiger partial charge in [0.05, 0.1) is 19.2 Å². The largest absolute Gasteiger partial charge is 0.497 e. The van der Waals surface area contributed by atoms with Crippen LogP contribution in [0.5, 0.6) is 5.75 Å². The van der Waals surface area contributed by atoms with Crippen molar-refractivity contribution in [1.82, 2.24) is 14.0 Å². The van der Waals surface area contributed by atoms with Gasteiger partial charge in [-0.3, -0.25) is 18.8 Å². The summed E-state index contributed by atoms with van der Waals surface area (Å²) in [4.78, 5) is 28.7. The zero-order valence-corrected chi connectivity index (χ0v) is 17.5. The van der Waals surface area contributed by atoms with Gasteiger partial charge in [0.2, 0.25) is 0 Å². The van der Waals surface area contributed by atoms with Crippen LogP contribution >= 0.6 is 0 Å². The normalized spacial score (nSPS) is 13.8. The first-order chi connectivity index (χ1) is 14.6. The molecule has 0 amide bonds. The van der Waals surface area contributed by atoms with E-state index in [4.69, 9.17) is 4.74 Å². The topological polar surface area (TPSA) is 56.5 Å². The second-order valence-electron chi connectivity index (χ2n) is 7.64. The van der Waals surface area contributed by atoms with E-state index < -0.39 is 0 Å². The maximum absolute atomic E-state index is 13.4. The minimum atomic E-state index is -0.236. The number of nitrogens with zero attached hydrogens (tertiary/aromatic N) is 3. The number of rotatable bonds is 6. The molecule has 0 aliphatic carbocycles. The Morgan fingerprint density at radius 1 is 0.933 bits per heavy atom. The minimum Gasteiger partial charge on any atom is -0.497 e.